The molecule has 2 fully saturated rings. The molecule has 5 atom stereocenters. The first-order valence-corrected chi connectivity index (χ1v) is 16.8. The molecule has 3 rings (SSSR count). The number of aliphatic carboxylic acids is 1. The van der Waals surface area contributed by atoms with E-state index in [0.717, 1.165) is 23.7 Å². The summed E-state index contributed by atoms with van der Waals surface area (Å²) in [5.74, 6) is -3.44. The third kappa shape index (κ3) is 18.6. The minimum atomic E-state index is -0.995. The predicted molar refractivity (Wildman–Crippen MR) is 191 cm³/mol. The molecule has 0 aromatic heterocycles. The fourth-order valence-electron chi connectivity index (χ4n) is 5.07. The highest BCUT2D eigenvalue weighted by Gasteiger charge is 2.41. The van der Waals surface area contributed by atoms with Crippen molar-refractivity contribution in [1.82, 2.24) is 15.5 Å². The Morgan fingerprint density at radius 3 is 1.84 bits per heavy atom. The standard InChI is InChI=1S/C21H28N2O5.C11H19NO4.C4H8O.CH4/c1-3-7-17(13-19(25)22-15(2)10-11-24)20(26)23-18(14-28-21(23)27)12-16-8-5-4-6-9-16;1-3-4-9(11(15)16)7-10(14)12-8(2)5-6-13;1-2-4-5-3-1;/h3-6,8-9,15,17-18,24H,1,7,10-14H2,2H3,(H,22,25);3,8-9,13H,1,4-7H2,2H3,(H,12,14)(H,15,16);1-4H2;1H4/t15-,17+,18-;8-,9+;;/m00../s1. The van der Waals surface area contributed by atoms with Crippen LogP contribution in [0.1, 0.15) is 78.2 Å². The van der Waals surface area contributed by atoms with E-state index in [2.05, 4.69) is 23.8 Å². The fraction of sp³-hybridized carbons (Fsp3) is 0.595. The highest BCUT2D eigenvalue weighted by Crippen LogP contribution is 2.23. The monoisotopic (exact) mass is 705 g/mol. The van der Waals surface area contributed by atoms with Gasteiger partial charge in [-0.05, 0) is 64.4 Å². The van der Waals surface area contributed by atoms with E-state index in [1.165, 1.54) is 18.9 Å². The van der Waals surface area contributed by atoms with Crippen LogP contribution in [0.2, 0.25) is 0 Å². The van der Waals surface area contributed by atoms with Crippen LogP contribution >= 0.6 is 0 Å². The molecule has 0 spiro atoms. The second-order valence-electron chi connectivity index (χ2n) is 12.1. The molecular formula is C37H59N3O10. The number of allylic oxidation sites excluding steroid dienone is 2. The number of aliphatic hydroxyl groups is 2. The van der Waals surface area contributed by atoms with E-state index < -0.39 is 35.8 Å². The summed E-state index contributed by atoms with van der Waals surface area (Å²) in [4.78, 5) is 60.9. The number of rotatable bonds is 18. The van der Waals surface area contributed by atoms with Gasteiger partial charge in [-0.3, -0.25) is 19.2 Å². The van der Waals surface area contributed by atoms with Gasteiger partial charge in [0.15, 0.2) is 0 Å². The van der Waals surface area contributed by atoms with Crippen molar-refractivity contribution in [3.63, 3.8) is 0 Å². The molecule has 282 valence electrons. The van der Waals surface area contributed by atoms with Gasteiger partial charge in [-0.15, -0.1) is 13.2 Å². The molecule has 5 N–H and O–H groups in total. The summed E-state index contributed by atoms with van der Waals surface area (Å²) < 4.78 is 10.1. The van der Waals surface area contributed by atoms with Crippen LogP contribution in [0.3, 0.4) is 0 Å². The highest BCUT2D eigenvalue weighted by molar-refractivity contribution is 5.96. The third-order valence-electron chi connectivity index (χ3n) is 7.74. The maximum Gasteiger partial charge on any atom is 0.416 e. The van der Waals surface area contributed by atoms with E-state index in [-0.39, 0.29) is 76.8 Å². The molecule has 13 nitrogen and oxygen atoms in total. The zero-order valence-electron chi connectivity index (χ0n) is 28.9. The Labute approximate surface area is 297 Å². The van der Waals surface area contributed by atoms with Crippen molar-refractivity contribution in [2.45, 2.75) is 97.2 Å². The van der Waals surface area contributed by atoms with Gasteiger partial charge in [-0.25, -0.2) is 9.69 Å². The van der Waals surface area contributed by atoms with Crippen molar-refractivity contribution in [2.75, 3.05) is 33.0 Å². The lowest BCUT2D eigenvalue weighted by atomic mass is 9.97. The quantitative estimate of drug-likeness (QED) is 0.139. The Bertz CT molecular complexity index is 1170. The minimum absolute atomic E-state index is 0. The summed E-state index contributed by atoms with van der Waals surface area (Å²) in [6.45, 7) is 12.8. The number of imide groups is 1. The van der Waals surface area contributed by atoms with Gasteiger partial charge in [-0.2, -0.15) is 0 Å². The van der Waals surface area contributed by atoms with Crippen LogP contribution in [-0.2, 0) is 35.1 Å². The van der Waals surface area contributed by atoms with E-state index in [4.69, 9.17) is 24.8 Å². The lowest BCUT2D eigenvalue weighted by Gasteiger charge is -2.24. The Morgan fingerprint density at radius 2 is 1.40 bits per heavy atom. The lowest BCUT2D eigenvalue weighted by molar-refractivity contribution is -0.144. The first-order valence-electron chi connectivity index (χ1n) is 16.8. The number of aliphatic hydroxyl groups excluding tert-OH is 2. The summed E-state index contributed by atoms with van der Waals surface area (Å²) in [5.41, 5.74) is 0.999. The molecule has 0 bridgehead atoms. The number of carboxylic acids is 1. The van der Waals surface area contributed by atoms with Gasteiger partial charge in [0, 0.05) is 51.4 Å². The van der Waals surface area contributed by atoms with Crippen molar-refractivity contribution in [3.05, 3.63) is 61.2 Å². The number of nitrogens with zero attached hydrogens (tertiary/aromatic N) is 1. The second kappa shape index (κ2) is 26.8. The van der Waals surface area contributed by atoms with Crippen LogP contribution in [0.15, 0.2) is 55.6 Å². The number of ether oxygens (including phenoxy) is 2. The number of amides is 4. The molecule has 50 heavy (non-hydrogen) atoms. The largest absolute Gasteiger partial charge is 0.481 e. The van der Waals surface area contributed by atoms with Crippen LogP contribution in [0.25, 0.3) is 0 Å². The Kier molecular flexibility index (Phi) is 24.6. The van der Waals surface area contributed by atoms with Crippen LogP contribution < -0.4 is 10.6 Å². The Balaban J connectivity index is 0.000000917. The maximum atomic E-state index is 13.1. The summed E-state index contributed by atoms with van der Waals surface area (Å²) in [7, 11) is 0. The van der Waals surface area contributed by atoms with Gasteiger partial charge in [0.1, 0.15) is 6.61 Å². The normalized spacial score (nSPS) is 17.1. The SMILES string of the molecule is C.C1CCOC1.C=CC[C@H](CC(=O)N[C@@H](C)CCO)C(=O)N1C(=O)OC[C@@H]1Cc1ccccc1.C=CC[C@H](CC(=O)N[C@@H](C)CCO)C(=O)O. The third-order valence-corrected chi connectivity index (χ3v) is 7.74. The first-order chi connectivity index (χ1) is 23.5. The molecule has 2 heterocycles. The van der Waals surface area contributed by atoms with Gasteiger partial charge in [0.05, 0.1) is 17.9 Å². The molecule has 0 radical (unpaired) electrons. The van der Waals surface area contributed by atoms with Crippen molar-refractivity contribution in [2.24, 2.45) is 11.8 Å². The molecular weight excluding hydrogens is 646 g/mol. The number of hydrogen-bond acceptors (Lipinski definition) is 9. The summed E-state index contributed by atoms with van der Waals surface area (Å²) >= 11 is 0. The smallest absolute Gasteiger partial charge is 0.416 e. The molecule has 1 aromatic rings. The average Bonchev–Trinajstić information content (AvgIpc) is 3.75. The molecule has 2 saturated heterocycles. The van der Waals surface area contributed by atoms with Gasteiger partial charge in [0.25, 0.3) is 0 Å². The maximum absolute atomic E-state index is 13.1. The zero-order valence-corrected chi connectivity index (χ0v) is 28.9. The van der Waals surface area contributed by atoms with E-state index in [0.29, 0.717) is 19.3 Å². The topological polar surface area (TPSA) is 192 Å². The van der Waals surface area contributed by atoms with Crippen molar-refractivity contribution in [3.8, 4) is 0 Å². The van der Waals surface area contributed by atoms with Gasteiger partial charge >= 0.3 is 12.1 Å². The number of benzene rings is 1. The number of carbonyl (C=O) groups excluding carboxylic acids is 4. The number of cyclic esters (lactones) is 1. The number of nitrogens with one attached hydrogen (secondary N) is 2. The van der Waals surface area contributed by atoms with Crippen molar-refractivity contribution >= 4 is 29.8 Å². The molecule has 4 amide bonds. The number of carboxylic acid groups (broad SMARTS) is 1. The highest BCUT2D eigenvalue weighted by atomic mass is 16.6. The van der Waals surface area contributed by atoms with Crippen LogP contribution in [0.4, 0.5) is 4.79 Å². The lowest BCUT2D eigenvalue weighted by Crippen LogP contribution is -2.45. The predicted octanol–water partition coefficient (Wildman–Crippen LogP) is 4.02. The molecule has 0 saturated carbocycles. The summed E-state index contributed by atoms with van der Waals surface area (Å²) in [5, 5.41) is 31.8. The number of carbonyl (C=O) groups is 5. The Hall–Kier alpha value is -4.07. The molecule has 13 heteroatoms. The van der Waals surface area contributed by atoms with Crippen molar-refractivity contribution < 1.29 is 48.8 Å². The zero-order chi connectivity index (χ0) is 36.6. The molecule has 2 aliphatic rings. The minimum Gasteiger partial charge on any atom is -0.481 e. The van der Waals surface area contributed by atoms with E-state index in [1.54, 1.807) is 19.9 Å². The fourth-order valence-corrected chi connectivity index (χ4v) is 5.07. The molecule has 0 aliphatic carbocycles. The summed E-state index contributed by atoms with van der Waals surface area (Å²) in [6, 6.07) is 8.83. The van der Waals surface area contributed by atoms with Gasteiger partial charge in [-0.1, -0.05) is 49.9 Å². The van der Waals surface area contributed by atoms with E-state index in [1.807, 2.05) is 30.3 Å². The Morgan fingerprint density at radius 1 is 0.900 bits per heavy atom. The number of hydrogen-bond donors (Lipinski definition) is 5. The van der Waals surface area contributed by atoms with Crippen LogP contribution in [0, 0.1) is 11.8 Å². The van der Waals surface area contributed by atoms with E-state index >= 15 is 0 Å². The van der Waals surface area contributed by atoms with E-state index in [9.17, 15) is 24.0 Å². The van der Waals surface area contributed by atoms with Crippen molar-refractivity contribution in [1.29, 1.82) is 0 Å². The van der Waals surface area contributed by atoms with Crippen LogP contribution in [-0.4, -0.2) is 101 Å². The molecule has 1 aromatic carbocycles. The second-order valence-corrected chi connectivity index (χ2v) is 12.1. The summed E-state index contributed by atoms with van der Waals surface area (Å²) in [6.07, 6.45) is 6.78. The molecule has 2 aliphatic heterocycles. The van der Waals surface area contributed by atoms with Gasteiger partial charge in [0.2, 0.25) is 17.7 Å². The average molecular weight is 706 g/mol. The first kappa shape index (κ1) is 45.9. The van der Waals surface area contributed by atoms with Crippen LogP contribution in [0.5, 0.6) is 0 Å². The molecule has 0 unspecified atom stereocenters. The van der Waals surface area contributed by atoms with Gasteiger partial charge < -0.3 is 35.4 Å².